The van der Waals surface area contributed by atoms with Gasteiger partial charge >= 0.3 is 11.4 Å². The van der Waals surface area contributed by atoms with Gasteiger partial charge < -0.3 is 5.32 Å². The molecule has 1 heterocycles. The van der Waals surface area contributed by atoms with E-state index in [0.717, 1.165) is 0 Å². The zero-order valence-corrected chi connectivity index (χ0v) is 4.98. The van der Waals surface area contributed by atoms with Crippen LogP contribution in [0.25, 0.3) is 0 Å². The molecule has 0 bridgehead atoms. The van der Waals surface area contributed by atoms with Gasteiger partial charge in [0, 0.05) is 13.1 Å². The minimum Gasteiger partial charge on any atom is -0.311 e. The van der Waals surface area contributed by atoms with E-state index < -0.39 is 11.4 Å². The Morgan fingerprint density at radius 3 is 2.50 bits per heavy atom. The summed E-state index contributed by atoms with van der Waals surface area (Å²) < 4.78 is 22.4. The molecule has 1 unspecified atom stereocenters. The van der Waals surface area contributed by atoms with E-state index >= 15 is 0 Å². The summed E-state index contributed by atoms with van der Waals surface area (Å²) in [5, 5.41) is 2.90. The average molecular weight is 137 g/mol. The summed E-state index contributed by atoms with van der Waals surface area (Å²) in [6.45, 7) is 1.37. The molecule has 1 saturated heterocycles. The van der Waals surface area contributed by atoms with Gasteiger partial charge in [-0.25, -0.2) is 0 Å². The van der Waals surface area contributed by atoms with E-state index in [0.29, 0.717) is 13.1 Å². The average Bonchev–Trinajstić information content (AvgIpc) is 1.55. The minimum atomic E-state index is -2.08. The van der Waals surface area contributed by atoms with Gasteiger partial charge in [-0.2, -0.15) is 4.21 Å². The molecule has 1 rings (SSSR count). The molecular formula is C3H7NO3S. The fourth-order valence-electron chi connectivity index (χ4n) is 0.447. The lowest BCUT2D eigenvalue weighted by molar-refractivity contribution is 0.146. The number of hydrogen-bond acceptors (Lipinski definition) is 3. The monoisotopic (exact) mass is 137 g/mol. The number of hydrogen-bond donors (Lipinski definition) is 2. The van der Waals surface area contributed by atoms with Gasteiger partial charge in [0.25, 0.3) is 0 Å². The quantitative estimate of drug-likeness (QED) is 0.485. The summed E-state index contributed by atoms with van der Waals surface area (Å²) in [6, 6.07) is 0. The maximum absolute atomic E-state index is 9.86. The van der Waals surface area contributed by atoms with Crippen LogP contribution >= 0.6 is 0 Å². The molecule has 48 valence electrons. The van der Waals surface area contributed by atoms with Gasteiger partial charge in [-0.3, -0.25) is 8.74 Å². The Bertz CT molecular complexity index is 103. The highest BCUT2D eigenvalue weighted by Crippen LogP contribution is 1.98. The molecule has 0 aliphatic carbocycles. The highest BCUT2D eigenvalue weighted by atomic mass is 32.2. The maximum atomic E-state index is 9.86. The van der Waals surface area contributed by atoms with Crippen LogP contribution in [0.1, 0.15) is 0 Å². The Morgan fingerprint density at radius 2 is 2.38 bits per heavy atom. The van der Waals surface area contributed by atoms with Gasteiger partial charge in [-0.05, 0) is 0 Å². The van der Waals surface area contributed by atoms with Gasteiger partial charge in [0.05, 0.1) is 0 Å². The smallest absolute Gasteiger partial charge is 0.302 e. The molecule has 0 aromatic rings. The molecule has 2 N–H and O–H groups in total. The van der Waals surface area contributed by atoms with Crippen LogP contribution in [-0.4, -0.2) is 28.0 Å². The predicted molar refractivity (Wildman–Crippen MR) is 28.5 cm³/mol. The fourth-order valence-corrected chi connectivity index (χ4v) is 0.816. The van der Waals surface area contributed by atoms with Gasteiger partial charge in [0.15, 0.2) is 0 Å². The van der Waals surface area contributed by atoms with E-state index in [9.17, 15) is 4.21 Å². The Labute approximate surface area is 49.7 Å². The fraction of sp³-hybridized carbons (Fsp3) is 1.00. The number of rotatable bonds is 2. The first-order valence-electron chi connectivity index (χ1n) is 2.28. The third-order valence-electron chi connectivity index (χ3n) is 0.962. The van der Waals surface area contributed by atoms with Crippen molar-refractivity contribution in [2.75, 3.05) is 13.1 Å². The molecule has 0 amide bonds. The second kappa shape index (κ2) is 2.54. The van der Waals surface area contributed by atoms with Crippen LogP contribution in [0.2, 0.25) is 0 Å². The Hall–Kier alpha value is 0.0300. The summed E-state index contributed by atoms with van der Waals surface area (Å²) in [7, 11) is 0. The van der Waals surface area contributed by atoms with Crippen LogP contribution < -0.4 is 5.32 Å². The van der Waals surface area contributed by atoms with Crippen molar-refractivity contribution >= 4 is 11.4 Å². The molecule has 0 aromatic carbocycles. The first-order valence-corrected chi connectivity index (χ1v) is 3.31. The SMILES string of the molecule is O=S(O)OC1CNC1. The van der Waals surface area contributed by atoms with Gasteiger partial charge in [0.2, 0.25) is 0 Å². The summed E-state index contributed by atoms with van der Waals surface area (Å²) >= 11 is -2.08. The second-order valence-corrected chi connectivity index (χ2v) is 2.22. The van der Waals surface area contributed by atoms with Crippen LogP contribution in [-0.2, 0) is 15.5 Å². The van der Waals surface area contributed by atoms with Crippen molar-refractivity contribution in [3.63, 3.8) is 0 Å². The summed E-state index contributed by atoms with van der Waals surface area (Å²) in [4.78, 5) is 0. The largest absolute Gasteiger partial charge is 0.311 e. The van der Waals surface area contributed by atoms with E-state index in [1.165, 1.54) is 0 Å². The van der Waals surface area contributed by atoms with E-state index in [-0.39, 0.29) is 6.10 Å². The summed E-state index contributed by atoms with van der Waals surface area (Å²) in [5.41, 5.74) is 0. The minimum absolute atomic E-state index is 0.0548. The van der Waals surface area contributed by atoms with Crippen LogP contribution in [0.5, 0.6) is 0 Å². The lowest BCUT2D eigenvalue weighted by Gasteiger charge is -2.24. The normalized spacial score (nSPS) is 24.6. The first kappa shape index (κ1) is 6.15. The third kappa shape index (κ3) is 1.52. The Kier molecular flexibility index (Phi) is 1.95. The lowest BCUT2D eigenvalue weighted by atomic mass is 10.2. The third-order valence-corrected chi connectivity index (χ3v) is 1.40. The molecule has 8 heavy (non-hydrogen) atoms. The molecule has 0 spiro atoms. The Morgan fingerprint density at radius 1 is 1.75 bits per heavy atom. The van der Waals surface area contributed by atoms with E-state index in [4.69, 9.17) is 4.55 Å². The molecule has 1 atom stereocenters. The van der Waals surface area contributed by atoms with E-state index in [1.54, 1.807) is 0 Å². The molecule has 5 heteroatoms. The molecule has 0 saturated carbocycles. The standard InChI is InChI=1S/C3H7NO3S/c5-8(6)7-3-1-4-2-3/h3-4H,1-2H2,(H,5,6). The second-order valence-electron chi connectivity index (χ2n) is 1.59. The summed E-state index contributed by atoms with van der Waals surface area (Å²) in [5.74, 6) is 0. The van der Waals surface area contributed by atoms with Crippen molar-refractivity contribution in [2.24, 2.45) is 0 Å². The lowest BCUT2D eigenvalue weighted by Crippen LogP contribution is -2.48. The molecule has 1 fully saturated rings. The highest BCUT2D eigenvalue weighted by molar-refractivity contribution is 7.74. The zero-order valence-electron chi connectivity index (χ0n) is 4.16. The first-order chi connectivity index (χ1) is 3.79. The van der Waals surface area contributed by atoms with Crippen molar-refractivity contribution in [1.82, 2.24) is 5.32 Å². The van der Waals surface area contributed by atoms with Crippen LogP contribution in [0.4, 0.5) is 0 Å². The molecule has 0 aromatic heterocycles. The van der Waals surface area contributed by atoms with Crippen molar-refractivity contribution in [3.05, 3.63) is 0 Å². The zero-order chi connectivity index (χ0) is 5.98. The molecule has 1 aliphatic rings. The molecule has 1 aliphatic heterocycles. The van der Waals surface area contributed by atoms with Crippen molar-refractivity contribution in [2.45, 2.75) is 6.10 Å². The van der Waals surface area contributed by atoms with Crippen LogP contribution in [0, 0.1) is 0 Å². The van der Waals surface area contributed by atoms with Gasteiger partial charge in [0.1, 0.15) is 6.10 Å². The summed E-state index contributed by atoms with van der Waals surface area (Å²) in [6.07, 6.45) is -0.0548. The molecule has 4 nitrogen and oxygen atoms in total. The van der Waals surface area contributed by atoms with E-state index in [1.807, 2.05) is 0 Å². The van der Waals surface area contributed by atoms with Crippen LogP contribution in [0.15, 0.2) is 0 Å². The topological polar surface area (TPSA) is 58.6 Å². The highest BCUT2D eigenvalue weighted by Gasteiger charge is 2.19. The van der Waals surface area contributed by atoms with Gasteiger partial charge in [-0.15, -0.1) is 0 Å². The van der Waals surface area contributed by atoms with Crippen molar-refractivity contribution in [1.29, 1.82) is 0 Å². The maximum Gasteiger partial charge on any atom is 0.302 e. The molecule has 0 radical (unpaired) electrons. The van der Waals surface area contributed by atoms with Crippen LogP contribution in [0.3, 0.4) is 0 Å². The van der Waals surface area contributed by atoms with Gasteiger partial charge in [-0.1, -0.05) is 0 Å². The number of nitrogens with one attached hydrogen (secondary N) is 1. The Balaban J connectivity index is 2.09. The van der Waals surface area contributed by atoms with E-state index in [2.05, 4.69) is 9.50 Å². The van der Waals surface area contributed by atoms with Crippen molar-refractivity contribution in [3.8, 4) is 0 Å². The molecular weight excluding hydrogens is 130 g/mol. The van der Waals surface area contributed by atoms with Crippen molar-refractivity contribution < 1.29 is 12.9 Å². The predicted octanol–water partition coefficient (Wildman–Crippen LogP) is -0.888.